The zero-order valence-electron chi connectivity index (χ0n) is 11.2. The van der Waals surface area contributed by atoms with E-state index in [0.717, 1.165) is 16.9 Å². The summed E-state index contributed by atoms with van der Waals surface area (Å²) in [4.78, 5) is 12.7. The minimum absolute atomic E-state index is 0.0805. The van der Waals surface area contributed by atoms with Crippen LogP contribution in [-0.2, 0) is 4.79 Å². The van der Waals surface area contributed by atoms with Gasteiger partial charge in [0, 0.05) is 16.8 Å². The standard InChI is InChI=1S/C16H14N2O2S/c17-15(21)10-5-7-11(8-6-10)18-16(19)13-9-20-14-4-2-1-3-12(13)14/h1-8,13H,9H2,(H2,17,21)(H,18,19). The minimum atomic E-state index is -0.281. The molecule has 1 aliphatic heterocycles. The first-order chi connectivity index (χ1) is 10.1. The van der Waals surface area contributed by atoms with Crippen molar-refractivity contribution in [3.05, 3.63) is 59.7 Å². The lowest BCUT2D eigenvalue weighted by molar-refractivity contribution is -0.117. The monoisotopic (exact) mass is 298 g/mol. The molecule has 4 nitrogen and oxygen atoms in total. The number of carbonyl (C=O) groups excluding carboxylic acids is 1. The van der Waals surface area contributed by atoms with E-state index in [9.17, 15) is 4.79 Å². The Morgan fingerprint density at radius 1 is 1.19 bits per heavy atom. The zero-order chi connectivity index (χ0) is 14.8. The van der Waals surface area contributed by atoms with E-state index in [1.807, 2.05) is 24.3 Å². The first-order valence-electron chi connectivity index (χ1n) is 6.57. The van der Waals surface area contributed by atoms with Crippen molar-refractivity contribution in [3.8, 4) is 5.75 Å². The predicted octanol–water partition coefficient (Wildman–Crippen LogP) is 2.44. The van der Waals surface area contributed by atoms with E-state index >= 15 is 0 Å². The SMILES string of the molecule is NC(=S)c1ccc(NC(=O)C2COc3ccccc32)cc1. The van der Waals surface area contributed by atoms with E-state index in [-0.39, 0.29) is 11.8 Å². The smallest absolute Gasteiger partial charge is 0.235 e. The largest absolute Gasteiger partial charge is 0.492 e. The van der Waals surface area contributed by atoms with Crippen molar-refractivity contribution in [3.63, 3.8) is 0 Å². The second-order valence-corrected chi connectivity index (χ2v) is 5.27. The maximum absolute atomic E-state index is 12.4. The number of anilines is 1. The molecule has 0 aliphatic carbocycles. The number of thiocarbonyl (C=S) groups is 1. The number of ether oxygens (including phenoxy) is 1. The quantitative estimate of drug-likeness (QED) is 0.854. The number of hydrogen-bond acceptors (Lipinski definition) is 3. The van der Waals surface area contributed by atoms with Crippen LogP contribution in [0.15, 0.2) is 48.5 Å². The lowest BCUT2D eigenvalue weighted by Gasteiger charge is -2.10. The maximum atomic E-state index is 12.4. The average Bonchev–Trinajstić information content (AvgIpc) is 2.92. The summed E-state index contributed by atoms with van der Waals surface area (Å²) in [5, 5.41) is 2.89. The summed E-state index contributed by atoms with van der Waals surface area (Å²) in [6.07, 6.45) is 0. The Morgan fingerprint density at radius 2 is 1.90 bits per heavy atom. The Balaban J connectivity index is 1.74. The molecule has 5 heteroatoms. The first kappa shape index (κ1) is 13.6. The lowest BCUT2D eigenvalue weighted by atomic mass is 10.0. The molecule has 0 saturated heterocycles. The second kappa shape index (κ2) is 5.54. The van der Waals surface area contributed by atoms with Crippen LogP contribution in [0.2, 0.25) is 0 Å². The van der Waals surface area contributed by atoms with Crippen LogP contribution in [0, 0.1) is 0 Å². The molecule has 0 aromatic heterocycles. The number of amides is 1. The number of benzene rings is 2. The van der Waals surface area contributed by atoms with Crippen LogP contribution in [0.4, 0.5) is 5.69 Å². The topological polar surface area (TPSA) is 64.3 Å². The number of fused-ring (bicyclic) bond motifs is 1. The molecule has 0 fully saturated rings. The third-order valence-electron chi connectivity index (χ3n) is 3.45. The summed E-state index contributed by atoms with van der Waals surface area (Å²) < 4.78 is 5.53. The van der Waals surface area contributed by atoms with Crippen LogP contribution in [0.25, 0.3) is 0 Å². The van der Waals surface area contributed by atoms with Crippen molar-refractivity contribution < 1.29 is 9.53 Å². The van der Waals surface area contributed by atoms with Crippen molar-refractivity contribution in [2.75, 3.05) is 11.9 Å². The summed E-state index contributed by atoms with van der Waals surface area (Å²) in [5.74, 6) is 0.418. The Labute approximate surface area is 127 Å². The molecule has 1 atom stereocenters. The highest BCUT2D eigenvalue weighted by Gasteiger charge is 2.29. The van der Waals surface area contributed by atoms with Gasteiger partial charge < -0.3 is 15.8 Å². The highest BCUT2D eigenvalue weighted by Crippen LogP contribution is 2.34. The number of para-hydroxylation sites is 1. The molecule has 1 amide bonds. The number of nitrogens with one attached hydrogen (secondary N) is 1. The fourth-order valence-corrected chi connectivity index (χ4v) is 2.46. The van der Waals surface area contributed by atoms with Gasteiger partial charge in [0.15, 0.2) is 0 Å². The molecular weight excluding hydrogens is 284 g/mol. The van der Waals surface area contributed by atoms with Gasteiger partial charge in [-0.2, -0.15) is 0 Å². The normalized spacial score (nSPS) is 15.9. The minimum Gasteiger partial charge on any atom is -0.492 e. The van der Waals surface area contributed by atoms with E-state index < -0.39 is 0 Å². The summed E-state index contributed by atoms with van der Waals surface area (Å²) in [6, 6.07) is 14.7. The number of hydrogen-bond donors (Lipinski definition) is 2. The second-order valence-electron chi connectivity index (χ2n) is 4.83. The molecule has 0 radical (unpaired) electrons. The fourth-order valence-electron chi connectivity index (χ4n) is 2.33. The molecule has 0 spiro atoms. The highest BCUT2D eigenvalue weighted by molar-refractivity contribution is 7.80. The van der Waals surface area contributed by atoms with Crippen molar-refractivity contribution >= 4 is 28.8 Å². The molecule has 106 valence electrons. The molecule has 0 saturated carbocycles. The molecule has 1 heterocycles. The fraction of sp³-hybridized carbons (Fsp3) is 0.125. The summed E-state index contributed by atoms with van der Waals surface area (Å²) in [6.45, 7) is 0.371. The number of rotatable bonds is 3. The van der Waals surface area contributed by atoms with Crippen LogP contribution < -0.4 is 15.8 Å². The van der Waals surface area contributed by atoms with Gasteiger partial charge in [-0.15, -0.1) is 0 Å². The van der Waals surface area contributed by atoms with Crippen molar-refractivity contribution in [1.82, 2.24) is 0 Å². The molecule has 21 heavy (non-hydrogen) atoms. The number of carbonyl (C=O) groups is 1. The molecule has 3 rings (SSSR count). The van der Waals surface area contributed by atoms with Gasteiger partial charge in [0.25, 0.3) is 0 Å². The molecule has 0 bridgehead atoms. The summed E-state index contributed by atoms with van der Waals surface area (Å²) >= 11 is 4.90. The third kappa shape index (κ3) is 2.73. The summed E-state index contributed by atoms with van der Waals surface area (Å²) in [5.41, 5.74) is 7.96. The van der Waals surface area contributed by atoms with Gasteiger partial charge in [-0.3, -0.25) is 4.79 Å². The van der Waals surface area contributed by atoms with Gasteiger partial charge >= 0.3 is 0 Å². The van der Waals surface area contributed by atoms with Crippen LogP contribution in [0.5, 0.6) is 5.75 Å². The van der Waals surface area contributed by atoms with E-state index in [4.69, 9.17) is 22.7 Å². The zero-order valence-corrected chi connectivity index (χ0v) is 12.0. The Kier molecular flexibility index (Phi) is 3.58. The van der Waals surface area contributed by atoms with Crippen molar-refractivity contribution in [2.45, 2.75) is 5.92 Å². The van der Waals surface area contributed by atoms with Crippen LogP contribution in [0.1, 0.15) is 17.0 Å². The maximum Gasteiger partial charge on any atom is 0.235 e. The predicted molar refractivity (Wildman–Crippen MR) is 85.6 cm³/mol. The van der Waals surface area contributed by atoms with E-state index in [1.165, 1.54) is 0 Å². The van der Waals surface area contributed by atoms with E-state index in [0.29, 0.717) is 17.3 Å². The van der Waals surface area contributed by atoms with Crippen molar-refractivity contribution in [2.24, 2.45) is 5.73 Å². The molecule has 1 aliphatic rings. The van der Waals surface area contributed by atoms with Gasteiger partial charge in [-0.1, -0.05) is 30.4 Å². The van der Waals surface area contributed by atoms with Gasteiger partial charge in [-0.05, 0) is 30.3 Å². The van der Waals surface area contributed by atoms with Gasteiger partial charge in [-0.25, -0.2) is 0 Å². The molecule has 2 aromatic rings. The number of nitrogens with two attached hydrogens (primary N) is 1. The van der Waals surface area contributed by atoms with E-state index in [1.54, 1.807) is 24.3 Å². The molecule has 1 unspecified atom stereocenters. The van der Waals surface area contributed by atoms with Crippen LogP contribution in [-0.4, -0.2) is 17.5 Å². The van der Waals surface area contributed by atoms with Gasteiger partial charge in [0.2, 0.25) is 5.91 Å². The molecular formula is C16H14N2O2S. The Hall–Kier alpha value is -2.40. The van der Waals surface area contributed by atoms with Crippen LogP contribution in [0.3, 0.4) is 0 Å². The highest BCUT2D eigenvalue weighted by atomic mass is 32.1. The van der Waals surface area contributed by atoms with Gasteiger partial charge in [0.1, 0.15) is 23.3 Å². The van der Waals surface area contributed by atoms with E-state index in [2.05, 4.69) is 5.32 Å². The average molecular weight is 298 g/mol. The lowest BCUT2D eigenvalue weighted by Crippen LogP contribution is -2.22. The van der Waals surface area contributed by atoms with Crippen LogP contribution >= 0.6 is 12.2 Å². The van der Waals surface area contributed by atoms with Crippen molar-refractivity contribution in [1.29, 1.82) is 0 Å². The molecule has 2 aromatic carbocycles. The summed E-state index contributed by atoms with van der Waals surface area (Å²) in [7, 11) is 0. The first-order valence-corrected chi connectivity index (χ1v) is 6.98. The Morgan fingerprint density at radius 3 is 2.62 bits per heavy atom. The van der Waals surface area contributed by atoms with Gasteiger partial charge in [0.05, 0.1) is 0 Å². The molecule has 3 N–H and O–H groups in total. The third-order valence-corrected chi connectivity index (χ3v) is 3.69. The Bertz CT molecular complexity index is 698.